The van der Waals surface area contributed by atoms with Crippen LogP contribution in [0, 0.1) is 0 Å². The number of hydrogen-bond donors (Lipinski definition) is 1. The van der Waals surface area contributed by atoms with Crippen LogP contribution >= 0.6 is 0 Å². The number of ether oxygens (including phenoxy) is 1. The highest BCUT2D eigenvalue weighted by atomic mass is 16.5. The molecule has 0 amide bonds. The molecule has 0 radical (unpaired) electrons. The zero-order chi connectivity index (χ0) is 14.6. The number of benzene rings is 2. The summed E-state index contributed by atoms with van der Waals surface area (Å²) in [7, 11) is 1.64. The van der Waals surface area contributed by atoms with E-state index >= 15 is 0 Å². The van der Waals surface area contributed by atoms with Gasteiger partial charge in [0.2, 0.25) is 0 Å². The molecule has 0 aliphatic heterocycles. The van der Waals surface area contributed by atoms with E-state index in [4.69, 9.17) is 4.74 Å². The second-order valence-electron chi connectivity index (χ2n) is 5.26. The average molecular weight is 268 g/mol. The summed E-state index contributed by atoms with van der Waals surface area (Å²) in [5.41, 5.74) is 2.03. The van der Waals surface area contributed by atoms with E-state index in [1.807, 2.05) is 60.7 Å². The molecule has 0 saturated heterocycles. The van der Waals surface area contributed by atoms with Gasteiger partial charge in [0.1, 0.15) is 5.75 Å². The largest absolute Gasteiger partial charge is 0.497 e. The van der Waals surface area contributed by atoms with Gasteiger partial charge in [0.05, 0.1) is 12.7 Å². The smallest absolute Gasteiger partial charge is 0.118 e. The molecule has 2 aromatic rings. The minimum absolute atomic E-state index is 0.809. The number of hydrogen-bond acceptors (Lipinski definition) is 2. The van der Waals surface area contributed by atoms with Crippen molar-refractivity contribution >= 4 is 11.6 Å². The summed E-state index contributed by atoms with van der Waals surface area (Å²) < 4.78 is 5.17. The molecule has 0 aliphatic rings. The van der Waals surface area contributed by atoms with Gasteiger partial charge in [0.25, 0.3) is 0 Å². The molecule has 2 nitrogen and oxygen atoms in total. The zero-order valence-electron chi connectivity index (χ0n) is 12.1. The molecule has 1 N–H and O–H groups in total. The highest BCUT2D eigenvalue weighted by Crippen LogP contribution is 2.30. The van der Waals surface area contributed by atoms with Crippen molar-refractivity contribution in [2.75, 3.05) is 7.11 Å². The zero-order valence-corrected chi connectivity index (χ0v) is 12.1. The van der Waals surface area contributed by atoms with Crippen molar-refractivity contribution in [3.63, 3.8) is 0 Å². The Morgan fingerprint density at radius 3 is 2.10 bits per heavy atom. The van der Waals surface area contributed by atoms with Gasteiger partial charge in [-0.25, -0.2) is 0 Å². The maximum absolute atomic E-state index is 10.4. The van der Waals surface area contributed by atoms with Gasteiger partial charge in [-0.1, -0.05) is 42.5 Å². The summed E-state index contributed by atoms with van der Waals surface area (Å²) in [6.45, 7) is 3.60. The summed E-state index contributed by atoms with van der Waals surface area (Å²) >= 11 is 0. The van der Waals surface area contributed by atoms with Crippen LogP contribution in [0.25, 0.3) is 11.6 Å². The minimum Gasteiger partial charge on any atom is -0.497 e. The van der Waals surface area contributed by atoms with Crippen molar-refractivity contribution in [3.8, 4) is 5.75 Å². The van der Waals surface area contributed by atoms with Crippen molar-refractivity contribution in [2.24, 2.45) is 0 Å². The Kier molecular flexibility index (Phi) is 4.26. The predicted octanol–water partition coefficient (Wildman–Crippen LogP) is 4.01. The van der Waals surface area contributed by atoms with Gasteiger partial charge < -0.3 is 9.84 Å². The Hall–Kier alpha value is -2.06. The second kappa shape index (κ2) is 5.93. The van der Waals surface area contributed by atoms with Crippen LogP contribution < -0.4 is 4.74 Å². The summed E-state index contributed by atoms with van der Waals surface area (Å²) in [6.07, 6.45) is 2.02. The minimum atomic E-state index is -0.912. The molecular formula is C18H20O2. The van der Waals surface area contributed by atoms with E-state index in [0.717, 1.165) is 22.4 Å². The first-order valence-corrected chi connectivity index (χ1v) is 6.65. The van der Waals surface area contributed by atoms with Crippen LogP contribution in [0.2, 0.25) is 0 Å². The number of methoxy groups -OCH3 is 1. The number of aliphatic hydroxyl groups is 1. The van der Waals surface area contributed by atoms with Gasteiger partial charge in [0, 0.05) is 0 Å². The van der Waals surface area contributed by atoms with E-state index in [0.29, 0.717) is 0 Å². The summed E-state index contributed by atoms with van der Waals surface area (Å²) in [5.74, 6) is 0.809. The van der Waals surface area contributed by atoms with Crippen molar-refractivity contribution in [1.29, 1.82) is 0 Å². The van der Waals surface area contributed by atoms with E-state index in [1.54, 1.807) is 21.0 Å². The molecule has 20 heavy (non-hydrogen) atoms. The molecule has 0 fully saturated rings. The molecule has 0 bridgehead atoms. The van der Waals surface area contributed by atoms with Crippen molar-refractivity contribution in [3.05, 3.63) is 65.7 Å². The van der Waals surface area contributed by atoms with Gasteiger partial charge in [-0.15, -0.1) is 0 Å². The van der Waals surface area contributed by atoms with E-state index in [2.05, 4.69) is 0 Å². The van der Waals surface area contributed by atoms with E-state index in [-0.39, 0.29) is 0 Å². The Balaban J connectivity index is 2.45. The van der Waals surface area contributed by atoms with Gasteiger partial charge in [-0.3, -0.25) is 0 Å². The fraction of sp³-hybridized carbons (Fsp3) is 0.222. The molecule has 2 rings (SSSR count). The SMILES string of the molecule is COc1ccc(/C(=C/c2ccccc2)C(C)(C)O)cc1. The first kappa shape index (κ1) is 14.4. The summed E-state index contributed by atoms with van der Waals surface area (Å²) in [5, 5.41) is 10.4. The third-order valence-corrected chi connectivity index (χ3v) is 3.17. The van der Waals surface area contributed by atoms with Crippen LogP contribution in [-0.4, -0.2) is 17.8 Å². The fourth-order valence-corrected chi connectivity index (χ4v) is 2.10. The lowest BCUT2D eigenvalue weighted by atomic mass is 9.89. The molecule has 0 unspecified atom stereocenters. The average Bonchev–Trinajstić information content (AvgIpc) is 2.45. The quantitative estimate of drug-likeness (QED) is 0.849. The third-order valence-electron chi connectivity index (χ3n) is 3.17. The highest BCUT2D eigenvalue weighted by Gasteiger charge is 2.21. The molecule has 2 heteroatoms. The van der Waals surface area contributed by atoms with Gasteiger partial charge in [0.15, 0.2) is 0 Å². The normalized spacial score (nSPS) is 12.3. The lowest BCUT2D eigenvalue weighted by molar-refractivity contribution is 0.144. The Labute approximate surface area is 120 Å². The summed E-state index contributed by atoms with van der Waals surface area (Å²) in [4.78, 5) is 0. The van der Waals surface area contributed by atoms with Crippen molar-refractivity contribution in [2.45, 2.75) is 19.4 Å². The molecule has 0 spiro atoms. The molecule has 104 valence electrons. The van der Waals surface area contributed by atoms with Crippen LogP contribution in [0.4, 0.5) is 0 Å². The van der Waals surface area contributed by atoms with Crippen LogP contribution in [0.15, 0.2) is 54.6 Å². The molecule has 0 atom stereocenters. The molecule has 0 aliphatic carbocycles. The monoisotopic (exact) mass is 268 g/mol. The maximum Gasteiger partial charge on any atom is 0.118 e. The Bertz CT molecular complexity index is 575. The summed E-state index contributed by atoms with van der Waals surface area (Å²) in [6, 6.07) is 17.7. The highest BCUT2D eigenvalue weighted by molar-refractivity contribution is 5.85. The standard InChI is InChI=1S/C18H20O2/c1-18(2,19)17(13-14-7-5-4-6-8-14)15-9-11-16(20-3)12-10-15/h4-13,19H,1-3H3/b17-13-. The van der Waals surface area contributed by atoms with Gasteiger partial charge in [-0.2, -0.15) is 0 Å². The first-order chi connectivity index (χ1) is 9.50. The van der Waals surface area contributed by atoms with E-state index < -0.39 is 5.60 Å². The third kappa shape index (κ3) is 3.49. The van der Waals surface area contributed by atoms with E-state index in [9.17, 15) is 5.11 Å². The number of rotatable bonds is 4. The van der Waals surface area contributed by atoms with Gasteiger partial charge >= 0.3 is 0 Å². The van der Waals surface area contributed by atoms with Gasteiger partial charge in [-0.05, 0) is 48.8 Å². The van der Waals surface area contributed by atoms with Crippen molar-refractivity contribution < 1.29 is 9.84 Å². The van der Waals surface area contributed by atoms with Crippen molar-refractivity contribution in [1.82, 2.24) is 0 Å². The molecule has 0 aromatic heterocycles. The fourth-order valence-electron chi connectivity index (χ4n) is 2.10. The topological polar surface area (TPSA) is 29.5 Å². The van der Waals surface area contributed by atoms with E-state index in [1.165, 1.54) is 0 Å². The second-order valence-corrected chi connectivity index (χ2v) is 5.26. The molecule has 0 heterocycles. The Morgan fingerprint density at radius 2 is 1.60 bits per heavy atom. The molecular weight excluding hydrogens is 248 g/mol. The molecule has 2 aromatic carbocycles. The van der Waals surface area contributed by atoms with Crippen LogP contribution in [0.1, 0.15) is 25.0 Å². The van der Waals surface area contributed by atoms with Crippen LogP contribution in [0.3, 0.4) is 0 Å². The lowest BCUT2D eigenvalue weighted by Crippen LogP contribution is -2.20. The van der Waals surface area contributed by atoms with Crippen LogP contribution in [-0.2, 0) is 0 Å². The molecule has 0 saturated carbocycles. The lowest BCUT2D eigenvalue weighted by Gasteiger charge is -2.22. The van der Waals surface area contributed by atoms with Crippen LogP contribution in [0.5, 0.6) is 5.75 Å². The maximum atomic E-state index is 10.4. The Morgan fingerprint density at radius 1 is 1.00 bits per heavy atom. The first-order valence-electron chi connectivity index (χ1n) is 6.65. The predicted molar refractivity (Wildman–Crippen MR) is 83.6 cm³/mol.